The van der Waals surface area contributed by atoms with Crippen LogP contribution in [-0.4, -0.2) is 13.7 Å². The standard InChI is InChI=1S/C10H15NO/c1-12-8-7-10(11)9-5-3-2-4-6-9/h2-6,10H,7-8,11H2,1H3/t10-/m0/s1. The summed E-state index contributed by atoms with van der Waals surface area (Å²) in [5.74, 6) is 0. The molecule has 12 heavy (non-hydrogen) atoms. The highest BCUT2D eigenvalue weighted by Gasteiger charge is 2.03. The van der Waals surface area contributed by atoms with Crippen molar-refractivity contribution in [3.8, 4) is 0 Å². The fourth-order valence-electron chi connectivity index (χ4n) is 1.11. The Labute approximate surface area is 73.3 Å². The summed E-state index contributed by atoms with van der Waals surface area (Å²) in [6, 6.07) is 10.2. The first-order chi connectivity index (χ1) is 5.84. The van der Waals surface area contributed by atoms with Crippen LogP contribution in [-0.2, 0) is 4.74 Å². The molecule has 0 aliphatic carbocycles. The zero-order valence-electron chi connectivity index (χ0n) is 7.36. The predicted octanol–water partition coefficient (Wildman–Crippen LogP) is 1.72. The lowest BCUT2D eigenvalue weighted by Crippen LogP contribution is -2.12. The second-order valence-electron chi connectivity index (χ2n) is 2.80. The Balaban J connectivity index is 2.48. The molecule has 0 unspecified atom stereocenters. The van der Waals surface area contributed by atoms with Gasteiger partial charge in [-0.1, -0.05) is 30.3 Å². The van der Waals surface area contributed by atoms with Crippen molar-refractivity contribution in [2.75, 3.05) is 13.7 Å². The summed E-state index contributed by atoms with van der Waals surface area (Å²) in [6.07, 6.45) is 0.876. The molecule has 0 amide bonds. The van der Waals surface area contributed by atoms with Gasteiger partial charge in [0, 0.05) is 19.8 Å². The van der Waals surface area contributed by atoms with Gasteiger partial charge in [-0.25, -0.2) is 0 Å². The van der Waals surface area contributed by atoms with E-state index in [0.717, 1.165) is 13.0 Å². The summed E-state index contributed by atoms with van der Waals surface area (Å²) in [5, 5.41) is 0. The SMILES string of the molecule is COCC[C@H](N)c1ccccc1. The first-order valence-corrected chi connectivity index (χ1v) is 4.14. The van der Waals surface area contributed by atoms with E-state index in [1.54, 1.807) is 7.11 Å². The minimum absolute atomic E-state index is 0.103. The molecule has 0 heterocycles. The van der Waals surface area contributed by atoms with E-state index in [1.165, 1.54) is 5.56 Å². The zero-order valence-corrected chi connectivity index (χ0v) is 7.36. The van der Waals surface area contributed by atoms with Crippen LogP contribution < -0.4 is 5.73 Å². The highest BCUT2D eigenvalue weighted by Crippen LogP contribution is 2.12. The summed E-state index contributed by atoms with van der Waals surface area (Å²) in [4.78, 5) is 0. The average Bonchev–Trinajstić information content (AvgIpc) is 2.15. The summed E-state index contributed by atoms with van der Waals surface area (Å²) >= 11 is 0. The summed E-state index contributed by atoms with van der Waals surface area (Å²) in [7, 11) is 1.69. The lowest BCUT2D eigenvalue weighted by Gasteiger charge is -2.10. The number of methoxy groups -OCH3 is 1. The molecule has 0 aromatic heterocycles. The molecule has 2 N–H and O–H groups in total. The van der Waals surface area contributed by atoms with Crippen molar-refractivity contribution >= 4 is 0 Å². The predicted molar refractivity (Wildman–Crippen MR) is 49.9 cm³/mol. The van der Waals surface area contributed by atoms with E-state index in [4.69, 9.17) is 10.5 Å². The molecular weight excluding hydrogens is 150 g/mol. The van der Waals surface area contributed by atoms with Crippen LogP contribution in [0.1, 0.15) is 18.0 Å². The molecule has 2 heteroatoms. The third kappa shape index (κ3) is 2.64. The van der Waals surface area contributed by atoms with Crippen LogP contribution in [0.4, 0.5) is 0 Å². The van der Waals surface area contributed by atoms with Gasteiger partial charge in [0.15, 0.2) is 0 Å². The maximum Gasteiger partial charge on any atom is 0.0480 e. The van der Waals surface area contributed by atoms with Crippen LogP contribution in [0, 0.1) is 0 Å². The van der Waals surface area contributed by atoms with Gasteiger partial charge in [0.2, 0.25) is 0 Å². The Bertz CT molecular complexity index is 210. The number of ether oxygens (including phenoxy) is 1. The molecular formula is C10H15NO. The highest BCUT2D eigenvalue weighted by molar-refractivity contribution is 5.18. The van der Waals surface area contributed by atoms with E-state index in [-0.39, 0.29) is 6.04 Å². The van der Waals surface area contributed by atoms with Crippen LogP contribution >= 0.6 is 0 Å². The van der Waals surface area contributed by atoms with Crippen molar-refractivity contribution in [2.45, 2.75) is 12.5 Å². The Kier molecular flexibility index (Phi) is 3.77. The minimum atomic E-state index is 0.103. The molecule has 0 bridgehead atoms. The van der Waals surface area contributed by atoms with E-state index < -0.39 is 0 Å². The second-order valence-corrected chi connectivity index (χ2v) is 2.80. The topological polar surface area (TPSA) is 35.2 Å². The molecule has 1 aromatic rings. The van der Waals surface area contributed by atoms with Crippen LogP contribution in [0.5, 0.6) is 0 Å². The van der Waals surface area contributed by atoms with E-state index in [1.807, 2.05) is 30.3 Å². The first kappa shape index (κ1) is 9.23. The van der Waals surface area contributed by atoms with Gasteiger partial charge in [0.05, 0.1) is 0 Å². The fourth-order valence-corrected chi connectivity index (χ4v) is 1.11. The molecule has 0 saturated carbocycles. The van der Waals surface area contributed by atoms with Gasteiger partial charge in [-0.3, -0.25) is 0 Å². The van der Waals surface area contributed by atoms with Crippen molar-refractivity contribution in [1.29, 1.82) is 0 Å². The van der Waals surface area contributed by atoms with Crippen molar-refractivity contribution in [1.82, 2.24) is 0 Å². The molecule has 1 rings (SSSR count). The zero-order chi connectivity index (χ0) is 8.81. The molecule has 0 aliphatic heterocycles. The number of hydrogen-bond acceptors (Lipinski definition) is 2. The van der Waals surface area contributed by atoms with Crippen LogP contribution in [0.25, 0.3) is 0 Å². The van der Waals surface area contributed by atoms with Crippen molar-refractivity contribution in [2.24, 2.45) is 5.73 Å². The van der Waals surface area contributed by atoms with E-state index in [9.17, 15) is 0 Å². The quantitative estimate of drug-likeness (QED) is 0.737. The van der Waals surface area contributed by atoms with E-state index in [0.29, 0.717) is 0 Å². The minimum Gasteiger partial charge on any atom is -0.385 e. The molecule has 1 atom stereocenters. The lowest BCUT2D eigenvalue weighted by molar-refractivity contribution is 0.188. The van der Waals surface area contributed by atoms with Crippen molar-refractivity contribution in [3.63, 3.8) is 0 Å². The molecule has 0 fully saturated rings. The highest BCUT2D eigenvalue weighted by atomic mass is 16.5. The van der Waals surface area contributed by atoms with Crippen molar-refractivity contribution in [3.05, 3.63) is 35.9 Å². The van der Waals surface area contributed by atoms with Gasteiger partial charge in [-0.15, -0.1) is 0 Å². The summed E-state index contributed by atoms with van der Waals surface area (Å²) < 4.78 is 4.95. The Morgan fingerprint density at radius 2 is 2.00 bits per heavy atom. The van der Waals surface area contributed by atoms with Gasteiger partial charge in [0.1, 0.15) is 0 Å². The average molecular weight is 165 g/mol. The smallest absolute Gasteiger partial charge is 0.0480 e. The number of hydrogen-bond donors (Lipinski definition) is 1. The van der Waals surface area contributed by atoms with Gasteiger partial charge < -0.3 is 10.5 Å². The fraction of sp³-hybridized carbons (Fsp3) is 0.400. The lowest BCUT2D eigenvalue weighted by atomic mass is 10.1. The summed E-state index contributed by atoms with van der Waals surface area (Å²) in [6.45, 7) is 0.718. The Morgan fingerprint density at radius 3 is 2.58 bits per heavy atom. The largest absolute Gasteiger partial charge is 0.385 e. The molecule has 0 radical (unpaired) electrons. The molecule has 0 saturated heterocycles. The first-order valence-electron chi connectivity index (χ1n) is 4.14. The van der Waals surface area contributed by atoms with Gasteiger partial charge in [0.25, 0.3) is 0 Å². The normalized spacial score (nSPS) is 12.8. The van der Waals surface area contributed by atoms with Gasteiger partial charge in [-0.05, 0) is 12.0 Å². The van der Waals surface area contributed by atoms with Crippen LogP contribution in [0.3, 0.4) is 0 Å². The monoisotopic (exact) mass is 165 g/mol. The Hall–Kier alpha value is -0.860. The molecule has 0 aliphatic rings. The number of benzene rings is 1. The van der Waals surface area contributed by atoms with Crippen molar-refractivity contribution < 1.29 is 4.74 Å². The molecule has 2 nitrogen and oxygen atoms in total. The number of nitrogens with two attached hydrogens (primary N) is 1. The number of rotatable bonds is 4. The third-order valence-electron chi connectivity index (χ3n) is 1.86. The van der Waals surface area contributed by atoms with Gasteiger partial charge >= 0.3 is 0 Å². The van der Waals surface area contributed by atoms with Crippen LogP contribution in [0.15, 0.2) is 30.3 Å². The van der Waals surface area contributed by atoms with E-state index in [2.05, 4.69) is 0 Å². The van der Waals surface area contributed by atoms with Gasteiger partial charge in [-0.2, -0.15) is 0 Å². The van der Waals surface area contributed by atoms with Crippen LogP contribution in [0.2, 0.25) is 0 Å². The molecule has 1 aromatic carbocycles. The second kappa shape index (κ2) is 4.91. The summed E-state index contributed by atoms with van der Waals surface area (Å²) in [5.41, 5.74) is 7.08. The molecule has 66 valence electrons. The molecule has 0 spiro atoms. The third-order valence-corrected chi connectivity index (χ3v) is 1.86. The maximum atomic E-state index is 5.90. The Morgan fingerprint density at radius 1 is 1.33 bits per heavy atom. The maximum absolute atomic E-state index is 5.90. The van der Waals surface area contributed by atoms with E-state index >= 15 is 0 Å².